The monoisotopic (exact) mass is 496 g/mol. The van der Waals surface area contributed by atoms with E-state index in [1.165, 1.54) is 18.4 Å². The van der Waals surface area contributed by atoms with Gasteiger partial charge in [-0.25, -0.2) is 0 Å². The molecule has 2 amide bonds. The van der Waals surface area contributed by atoms with Crippen LogP contribution in [-0.2, 0) is 22.6 Å². The van der Waals surface area contributed by atoms with E-state index >= 15 is 0 Å². The highest BCUT2D eigenvalue weighted by Crippen LogP contribution is 2.26. The standard InChI is InChI=1S/C32H36N2O3/c1-37-29-19-17-27(18-20-29)24-34(30(35)23-26-13-7-3-8-14-26)31(28-15-9-4-10-16-28)32(36)33-22-21-25-11-5-2-6-12-25/h3-4,7-11,13-20,31H,2,5-6,12,21-24H2,1H3,(H,33,36). The van der Waals surface area contributed by atoms with Gasteiger partial charge in [-0.1, -0.05) is 84.4 Å². The summed E-state index contributed by atoms with van der Waals surface area (Å²) in [7, 11) is 1.63. The lowest BCUT2D eigenvalue weighted by molar-refractivity contribution is -0.141. The van der Waals surface area contributed by atoms with Gasteiger partial charge in [0.2, 0.25) is 11.8 Å². The first kappa shape index (κ1) is 26.2. The van der Waals surface area contributed by atoms with Crippen molar-refractivity contribution in [2.45, 2.75) is 51.1 Å². The Labute approximate surface area is 220 Å². The van der Waals surface area contributed by atoms with Gasteiger partial charge in [0.05, 0.1) is 13.5 Å². The fourth-order valence-electron chi connectivity index (χ4n) is 4.81. The second-order valence-corrected chi connectivity index (χ2v) is 9.49. The highest BCUT2D eigenvalue weighted by atomic mass is 16.5. The average molecular weight is 497 g/mol. The van der Waals surface area contributed by atoms with Crippen LogP contribution in [0.2, 0.25) is 0 Å². The van der Waals surface area contributed by atoms with Gasteiger partial charge in [0.1, 0.15) is 11.8 Å². The summed E-state index contributed by atoms with van der Waals surface area (Å²) >= 11 is 0. The van der Waals surface area contributed by atoms with Gasteiger partial charge in [-0.05, 0) is 60.9 Å². The van der Waals surface area contributed by atoms with E-state index in [-0.39, 0.29) is 18.2 Å². The van der Waals surface area contributed by atoms with Gasteiger partial charge in [0.25, 0.3) is 0 Å². The maximum Gasteiger partial charge on any atom is 0.247 e. The summed E-state index contributed by atoms with van der Waals surface area (Å²) in [5.74, 6) is 0.499. The van der Waals surface area contributed by atoms with Crippen molar-refractivity contribution in [2.24, 2.45) is 0 Å². The molecule has 0 bridgehead atoms. The van der Waals surface area contributed by atoms with E-state index < -0.39 is 6.04 Å². The smallest absolute Gasteiger partial charge is 0.247 e. The molecule has 5 heteroatoms. The molecule has 1 aliphatic carbocycles. The number of methoxy groups -OCH3 is 1. The molecule has 0 spiro atoms. The third kappa shape index (κ3) is 7.56. The second-order valence-electron chi connectivity index (χ2n) is 9.49. The zero-order valence-electron chi connectivity index (χ0n) is 21.6. The van der Waals surface area contributed by atoms with Gasteiger partial charge in [-0.3, -0.25) is 9.59 Å². The Balaban J connectivity index is 1.60. The lowest BCUT2D eigenvalue weighted by Crippen LogP contribution is -2.44. The van der Waals surface area contributed by atoms with E-state index in [1.54, 1.807) is 12.0 Å². The van der Waals surface area contributed by atoms with E-state index in [9.17, 15) is 9.59 Å². The summed E-state index contributed by atoms with van der Waals surface area (Å²) in [5, 5.41) is 3.14. The normalized spacial score (nSPS) is 13.8. The van der Waals surface area contributed by atoms with Crippen LogP contribution in [0, 0.1) is 0 Å². The van der Waals surface area contributed by atoms with Gasteiger partial charge < -0.3 is 15.0 Å². The number of allylic oxidation sites excluding steroid dienone is 1. The maximum absolute atomic E-state index is 13.8. The Morgan fingerprint density at radius 2 is 1.59 bits per heavy atom. The zero-order valence-corrected chi connectivity index (χ0v) is 21.6. The Kier molecular flexibility index (Phi) is 9.53. The van der Waals surface area contributed by atoms with Gasteiger partial charge in [-0.2, -0.15) is 0 Å². The van der Waals surface area contributed by atoms with Gasteiger partial charge in [-0.15, -0.1) is 0 Å². The zero-order chi connectivity index (χ0) is 25.9. The van der Waals surface area contributed by atoms with Crippen molar-refractivity contribution >= 4 is 11.8 Å². The van der Waals surface area contributed by atoms with Crippen LogP contribution in [0.5, 0.6) is 5.75 Å². The molecule has 0 saturated heterocycles. The molecular weight excluding hydrogens is 460 g/mol. The van der Waals surface area contributed by atoms with E-state index in [4.69, 9.17) is 4.74 Å². The summed E-state index contributed by atoms with van der Waals surface area (Å²) in [6.45, 7) is 0.880. The largest absolute Gasteiger partial charge is 0.497 e. The number of nitrogens with zero attached hydrogens (tertiary/aromatic N) is 1. The minimum atomic E-state index is -0.736. The van der Waals surface area contributed by atoms with Gasteiger partial charge in [0.15, 0.2) is 0 Å². The fourth-order valence-corrected chi connectivity index (χ4v) is 4.81. The van der Waals surface area contributed by atoms with Gasteiger partial charge in [0, 0.05) is 13.1 Å². The predicted molar refractivity (Wildman–Crippen MR) is 147 cm³/mol. The molecular formula is C32H36N2O3. The first-order chi connectivity index (χ1) is 18.1. The molecule has 0 aromatic heterocycles. The minimum Gasteiger partial charge on any atom is -0.497 e. The highest BCUT2D eigenvalue weighted by molar-refractivity contribution is 5.89. The summed E-state index contributed by atoms with van der Waals surface area (Å²) in [4.78, 5) is 29.2. The predicted octanol–water partition coefficient (Wildman–Crippen LogP) is 6.01. The molecule has 1 N–H and O–H groups in total. The molecule has 3 aromatic carbocycles. The number of carbonyl (C=O) groups is 2. The number of rotatable bonds is 11. The van der Waals surface area contributed by atoms with Crippen molar-refractivity contribution in [3.8, 4) is 5.75 Å². The first-order valence-electron chi connectivity index (χ1n) is 13.1. The van der Waals surface area contributed by atoms with Crippen LogP contribution in [0.25, 0.3) is 0 Å². The van der Waals surface area contributed by atoms with Crippen molar-refractivity contribution in [1.29, 1.82) is 0 Å². The molecule has 3 aromatic rings. The Morgan fingerprint density at radius 3 is 2.24 bits per heavy atom. The molecule has 4 rings (SSSR count). The Bertz CT molecular complexity index is 1170. The number of benzene rings is 3. The van der Waals surface area contributed by atoms with Crippen LogP contribution in [0.4, 0.5) is 0 Å². The highest BCUT2D eigenvalue weighted by Gasteiger charge is 2.31. The number of hydrogen-bond donors (Lipinski definition) is 1. The maximum atomic E-state index is 13.8. The average Bonchev–Trinajstić information content (AvgIpc) is 2.95. The third-order valence-corrected chi connectivity index (χ3v) is 6.84. The van der Waals surface area contributed by atoms with Crippen LogP contribution in [0.1, 0.15) is 54.8 Å². The molecule has 1 aliphatic rings. The summed E-state index contributed by atoms with van der Waals surface area (Å²) in [6, 6.07) is 26.2. The number of ether oxygens (including phenoxy) is 1. The van der Waals surface area contributed by atoms with Crippen molar-refractivity contribution in [3.05, 3.63) is 113 Å². The number of carbonyl (C=O) groups excluding carboxylic acids is 2. The van der Waals surface area contributed by atoms with E-state index in [1.807, 2.05) is 84.9 Å². The molecule has 5 nitrogen and oxygen atoms in total. The Morgan fingerprint density at radius 1 is 0.892 bits per heavy atom. The molecule has 37 heavy (non-hydrogen) atoms. The third-order valence-electron chi connectivity index (χ3n) is 6.84. The number of nitrogens with one attached hydrogen (secondary N) is 1. The van der Waals surface area contributed by atoms with E-state index in [0.29, 0.717) is 13.1 Å². The molecule has 192 valence electrons. The summed E-state index contributed by atoms with van der Waals surface area (Å²) in [6.07, 6.45) is 8.08. The molecule has 1 unspecified atom stereocenters. The fraction of sp³-hybridized carbons (Fsp3) is 0.312. The summed E-state index contributed by atoms with van der Waals surface area (Å²) in [5.41, 5.74) is 4.07. The second kappa shape index (κ2) is 13.4. The molecule has 0 heterocycles. The SMILES string of the molecule is COc1ccc(CN(C(=O)Cc2ccccc2)C(C(=O)NCCC2=CCCCC2)c2ccccc2)cc1. The van der Waals surface area contributed by atoms with Crippen LogP contribution in [0.3, 0.4) is 0 Å². The van der Waals surface area contributed by atoms with Gasteiger partial charge >= 0.3 is 0 Å². The quantitative estimate of drug-likeness (QED) is 0.331. The molecule has 1 atom stereocenters. The molecule has 0 fully saturated rings. The van der Waals surface area contributed by atoms with Crippen LogP contribution < -0.4 is 10.1 Å². The van der Waals surface area contributed by atoms with Crippen LogP contribution in [-0.4, -0.2) is 30.4 Å². The van der Waals surface area contributed by atoms with Crippen molar-refractivity contribution in [3.63, 3.8) is 0 Å². The lowest BCUT2D eigenvalue weighted by Gasteiger charge is -2.32. The topological polar surface area (TPSA) is 58.6 Å². The van der Waals surface area contributed by atoms with E-state index in [2.05, 4.69) is 11.4 Å². The van der Waals surface area contributed by atoms with Crippen LogP contribution in [0.15, 0.2) is 96.6 Å². The molecule has 0 aliphatic heterocycles. The lowest BCUT2D eigenvalue weighted by atomic mass is 9.97. The number of hydrogen-bond acceptors (Lipinski definition) is 3. The summed E-state index contributed by atoms with van der Waals surface area (Å²) < 4.78 is 5.30. The number of amides is 2. The van der Waals surface area contributed by atoms with Crippen molar-refractivity contribution in [1.82, 2.24) is 10.2 Å². The minimum absolute atomic E-state index is 0.0963. The molecule has 0 radical (unpaired) electrons. The van der Waals surface area contributed by atoms with E-state index in [0.717, 1.165) is 41.7 Å². The van der Waals surface area contributed by atoms with Crippen LogP contribution >= 0.6 is 0 Å². The Hall–Kier alpha value is -3.86. The molecule has 0 saturated carbocycles. The van der Waals surface area contributed by atoms with Crippen molar-refractivity contribution < 1.29 is 14.3 Å². The van der Waals surface area contributed by atoms with Crippen molar-refractivity contribution in [2.75, 3.05) is 13.7 Å². The first-order valence-corrected chi connectivity index (χ1v) is 13.1.